The maximum atomic E-state index is 12.7. The van der Waals surface area contributed by atoms with E-state index in [1.807, 2.05) is 6.92 Å². The summed E-state index contributed by atoms with van der Waals surface area (Å²) < 4.78 is 31.8. The number of benzene rings is 1. The van der Waals surface area contributed by atoms with E-state index in [0.29, 0.717) is 36.5 Å². The van der Waals surface area contributed by atoms with Crippen LogP contribution in [0.2, 0.25) is 0 Å². The fourth-order valence-corrected chi connectivity index (χ4v) is 4.25. The first-order valence-electron chi connectivity index (χ1n) is 8.07. The lowest BCUT2D eigenvalue weighted by molar-refractivity contribution is -0.142. The van der Waals surface area contributed by atoms with E-state index in [4.69, 9.17) is 9.63 Å². The Bertz CT molecular complexity index is 852. The van der Waals surface area contributed by atoms with Crippen LogP contribution in [0.25, 0.3) is 11.4 Å². The molecule has 2 aromatic rings. The minimum absolute atomic E-state index is 0.171. The molecular formula is C16H19N3O5S. The Balaban J connectivity index is 1.76. The third-order valence-electron chi connectivity index (χ3n) is 4.32. The van der Waals surface area contributed by atoms with Crippen molar-refractivity contribution in [3.8, 4) is 11.4 Å². The molecule has 8 nitrogen and oxygen atoms in total. The van der Waals surface area contributed by atoms with Gasteiger partial charge in [0.05, 0.1) is 10.8 Å². The molecule has 1 saturated heterocycles. The molecule has 1 fully saturated rings. The molecule has 1 aromatic heterocycles. The molecule has 9 heteroatoms. The van der Waals surface area contributed by atoms with E-state index < -0.39 is 21.9 Å². The van der Waals surface area contributed by atoms with Gasteiger partial charge in [0.15, 0.2) is 0 Å². The zero-order valence-corrected chi connectivity index (χ0v) is 14.6. The number of aliphatic carboxylic acids is 1. The highest BCUT2D eigenvalue weighted by atomic mass is 32.2. The van der Waals surface area contributed by atoms with E-state index >= 15 is 0 Å². The third kappa shape index (κ3) is 3.57. The molecule has 0 atom stereocenters. The van der Waals surface area contributed by atoms with Gasteiger partial charge >= 0.3 is 5.97 Å². The van der Waals surface area contributed by atoms with Gasteiger partial charge < -0.3 is 9.63 Å². The first-order valence-corrected chi connectivity index (χ1v) is 9.51. The Morgan fingerprint density at radius 2 is 1.92 bits per heavy atom. The van der Waals surface area contributed by atoms with Crippen molar-refractivity contribution in [1.82, 2.24) is 14.4 Å². The average molecular weight is 365 g/mol. The molecule has 0 aliphatic carbocycles. The molecule has 1 aliphatic rings. The number of piperidine rings is 1. The predicted octanol–water partition coefficient (Wildman–Crippen LogP) is 1.78. The number of hydrogen-bond acceptors (Lipinski definition) is 6. The number of nitrogens with zero attached hydrogens (tertiary/aromatic N) is 3. The molecule has 0 amide bonds. The number of carboxylic acids is 1. The highest BCUT2D eigenvalue weighted by Gasteiger charge is 2.31. The summed E-state index contributed by atoms with van der Waals surface area (Å²) in [5, 5.41) is 12.9. The normalized spacial score (nSPS) is 16.8. The SMILES string of the molecule is CCc1nc(-c2ccc(S(=O)(=O)N3CCC(C(=O)O)CC3)cc2)no1. The number of aryl methyl sites for hydroxylation is 1. The Morgan fingerprint density at radius 3 is 2.44 bits per heavy atom. The van der Waals surface area contributed by atoms with Gasteiger partial charge in [-0.05, 0) is 37.1 Å². The Morgan fingerprint density at radius 1 is 1.28 bits per heavy atom. The van der Waals surface area contributed by atoms with Crippen LogP contribution in [-0.4, -0.2) is 47.0 Å². The van der Waals surface area contributed by atoms with Crippen LogP contribution in [-0.2, 0) is 21.2 Å². The molecule has 3 rings (SSSR count). The molecule has 134 valence electrons. The Kier molecular flexibility index (Phi) is 4.87. The first kappa shape index (κ1) is 17.6. The summed E-state index contributed by atoms with van der Waals surface area (Å²) in [5.41, 5.74) is 0.673. The van der Waals surface area contributed by atoms with Crippen molar-refractivity contribution in [2.45, 2.75) is 31.1 Å². The quantitative estimate of drug-likeness (QED) is 0.859. The van der Waals surface area contributed by atoms with Gasteiger partial charge in [-0.15, -0.1) is 0 Å². The monoisotopic (exact) mass is 365 g/mol. The summed E-state index contributed by atoms with van der Waals surface area (Å²) in [6, 6.07) is 6.30. The van der Waals surface area contributed by atoms with Crippen LogP contribution in [0.3, 0.4) is 0 Å². The summed E-state index contributed by atoms with van der Waals surface area (Å²) in [5.74, 6) is -0.399. The van der Waals surface area contributed by atoms with Crippen molar-refractivity contribution >= 4 is 16.0 Å². The highest BCUT2D eigenvalue weighted by Crippen LogP contribution is 2.25. The van der Waals surface area contributed by atoms with E-state index in [9.17, 15) is 13.2 Å². The van der Waals surface area contributed by atoms with Crippen molar-refractivity contribution in [3.05, 3.63) is 30.2 Å². The minimum atomic E-state index is -3.63. The molecule has 25 heavy (non-hydrogen) atoms. The fourth-order valence-electron chi connectivity index (χ4n) is 2.78. The van der Waals surface area contributed by atoms with Gasteiger partial charge in [0.2, 0.25) is 21.7 Å². The predicted molar refractivity (Wildman–Crippen MR) is 88.2 cm³/mol. The fraction of sp³-hybridized carbons (Fsp3) is 0.438. The molecule has 1 N–H and O–H groups in total. The maximum Gasteiger partial charge on any atom is 0.306 e. The number of rotatable bonds is 5. The number of hydrogen-bond donors (Lipinski definition) is 1. The molecule has 1 aliphatic heterocycles. The maximum absolute atomic E-state index is 12.7. The molecule has 0 unspecified atom stereocenters. The van der Waals surface area contributed by atoms with Crippen molar-refractivity contribution < 1.29 is 22.8 Å². The minimum Gasteiger partial charge on any atom is -0.481 e. The zero-order chi connectivity index (χ0) is 18.0. The standard InChI is InChI=1S/C16H19N3O5S/c1-2-14-17-15(18-24-14)11-3-5-13(6-4-11)25(22,23)19-9-7-12(8-10-19)16(20)21/h3-6,12H,2,7-10H2,1H3,(H,20,21). The second kappa shape index (κ2) is 6.93. The van der Waals surface area contributed by atoms with Gasteiger partial charge in [-0.25, -0.2) is 8.42 Å². The van der Waals surface area contributed by atoms with Crippen LogP contribution >= 0.6 is 0 Å². The topological polar surface area (TPSA) is 114 Å². The van der Waals surface area contributed by atoms with Gasteiger partial charge in [-0.2, -0.15) is 9.29 Å². The lowest BCUT2D eigenvalue weighted by Gasteiger charge is -2.29. The van der Waals surface area contributed by atoms with Crippen molar-refractivity contribution in [1.29, 1.82) is 0 Å². The van der Waals surface area contributed by atoms with Crippen LogP contribution in [0.1, 0.15) is 25.7 Å². The van der Waals surface area contributed by atoms with Gasteiger partial charge in [0.25, 0.3) is 0 Å². The summed E-state index contributed by atoms with van der Waals surface area (Å²) in [4.78, 5) is 15.4. The summed E-state index contributed by atoms with van der Waals surface area (Å²) in [6.07, 6.45) is 1.29. The molecule has 0 bridgehead atoms. The number of aromatic nitrogens is 2. The van der Waals surface area contributed by atoms with Crippen LogP contribution in [0.5, 0.6) is 0 Å². The Labute approximate surface area is 145 Å². The van der Waals surface area contributed by atoms with Gasteiger partial charge in [0.1, 0.15) is 0 Å². The summed E-state index contributed by atoms with van der Waals surface area (Å²) >= 11 is 0. The smallest absolute Gasteiger partial charge is 0.306 e. The lowest BCUT2D eigenvalue weighted by atomic mass is 9.99. The molecule has 2 heterocycles. The van der Waals surface area contributed by atoms with E-state index in [0.717, 1.165) is 0 Å². The van der Waals surface area contributed by atoms with Gasteiger partial charge in [-0.3, -0.25) is 4.79 Å². The van der Waals surface area contributed by atoms with Crippen molar-refractivity contribution in [2.24, 2.45) is 5.92 Å². The van der Waals surface area contributed by atoms with Crippen LogP contribution in [0.15, 0.2) is 33.7 Å². The van der Waals surface area contributed by atoms with Crippen molar-refractivity contribution in [3.63, 3.8) is 0 Å². The van der Waals surface area contributed by atoms with Crippen LogP contribution < -0.4 is 0 Å². The van der Waals surface area contributed by atoms with E-state index in [-0.39, 0.29) is 18.0 Å². The second-order valence-electron chi connectivity index (χ2n) is 5.91. The number of sulfonamides is 1. The molecule has 0 spiro atoms. The average Bonchev–Trinajstić information content (AvgIpc) is 3.11. The van der Waals surface area contributed by atoms with Gasteiger partial charge in [-0.1, -0.05) is 12.1 Å². The largest absolute Gasteiger partial charge is 0.481 e. The second-order valence-corrected chi connectivity index (χ2v) is 7.84. The third-order valence-corrected chi connectivity index (χ3v) is 6.24. The first-order chi connectivity index (χ1) is 11.9. The summed E-state index contributed by atoms with van der Waals surface area (Å²) in [7, 11) is -3.63. The lowest BCUT2D eigenvalue weighted by Crippen LogP contribution is -2.40. The van der Waals surface area contributed by atoms with Crippen LogP contribution in [0, 0.1) is 5.92 Å². The highest BCUT2D eigenvalue weighted by molar-refractivity contribution is 7.89. The zero-order valence-electron chi connectivity index (χ0n) is 13.8. The van der Waals surface area contributed by atoms with E-state index in [1.54, 1.807) is 12.1 Å². The molecule has 0 radical (unpaired) electrons. The van der Waals surface area contributed by atoms with E-state index in [1.165, 1.54) is 16.4 Å². The van der Waals surface area contributed by atoms with E-state index in [2.05, 4.69) is 10.1 Å². The van der Waals surface area contributed by atoms with Crippen LogP contribution in [0.4, 0.5) is 0 Å². The number of carbonyl (C=O) groups is 1. The number of carboxylic acid groups (broad SMARTS) is 1. The molecular weight excluding hydrogens is 346 g/mol. The van der Waals surface area contributed by atoms with Gasteiger partial charge in [0, 0.05) is 25.1 Å². The molecule has 1 aromatic carbocycles. The Hall–Kier alpha value is -2.26. The van der Waals surface area contributed by atoms with Crippen molar-refractivity contribution in [2.75, 3.05) is 13.1 Å². The molecule has 0 saturated carbocycles. The summed E-state index contributed by atoms with van der Waals surface area (Å²) in [6.45, 7) is 2.33.